The van der Waals surface area contributed by atoms with Gasteiger partial charge in [-0.15, -0.1) is 0 Å². The highest BCUT2D eigenvalue weighted by atomic mass is 127. The average molecular weight is 441 g/mol. The lowest BCUT2D eigenvalue weighted by Crippen LogP contribution is -2.10. The van der Waals surface area contributed by atoms with Crippen molar-refractivity contribution in [1.82, 2.24) is 4.98 Å². The summed E-state index contributed by atoms with van der Waals surface area (Å²) in [6, 6.07) is 11.1. The Balaban J connectivity index is 1.96. The molecule has 0 fully saturated rings. The van der Waals surface area contributed by atoms with Crippen molar-refractivity contribution >= 4 is 56.9 Å². The minimum atomic E-state index is -0.00349. The Hall–Kier alpha value is -1.60. The number of oxazole rings is 1. The van der Waals surface area contributed by atoms with Crippen LogP contribution in [0.4, 0.5) is 5.69 Å². The number of aromatic nitrogens is 1. The molecule has 0 unspecified atom stereocenters. The van der Waals surface area contributed by atoms with Gasteiger partial charge in [-0.1, -0.05) is 18.5 Å². The summed E-state index contributed by atoms with van der Waals surface area (Å²) in [4.78, 5) is 16.2. The van der Waals surface area contributed by atoms with Gasteiger partial charge in [0.2, 0.25) is 11.8 Å². The minimum absolute atomic E-state index is 0.00349. The molecule has 0 aliphatic rings. The third-order valence-corrected chi connectivity index (χ3v) is 4.31. The van der Waals surface area contributed by atoms with Crippen molar-refractivity contribution in [3.05, 3.63) is 45.0 Å². The van der Waals surface area contributed by atoms with Crippen LogP contribution in [0.15, 0.2) is 40.8 Å². The van der Waals surface area contributed by atoms with Gasteiger partial charge in [0.15, 0.2) is 5.58 Å². The second-order valence-corrected chi connectivity index (χ2v) is 6.78. The molecule has 6 heteroatoms. The SMILES string of the molecule is CCCC(=O)Nc1ccc2oc(-c3cc(I)ccc3Cl)nc2c1. The van der Waals surface area contributed by atoms with Gasteiger partial charge >= 0.3 is 0 Å². The van der Waals surface area contributed by atoms with Crippen LogP contribution in [-0.2, 0) is 4.79 Å². The number of carbonyl (C=O) groups is 1. The molecule has 4 nitrogen and oxygen atoms in total. The second kappa shape index (κ2) is 6.88. The van der Waals surface area contributed by atoms with Gasteiger partial charge in [0.25, 0.3) is 0 Å². The number of fused-ring (bicyclic) bond motifs is 1. The van der Waals surface area contributed by atoms with E-state index in [1.165, 1.54) is 0 Å². The highest BCUT2D eigenvalue weighted by molar-refractivity contribution is 14.1. The number of carbonyl (C=O) groups excluding carboxylic acids is 1. The van der Waals surface area contributed by atoms with E-state index in [0.717, 1.165) is 15.6 Å². The molecule has 3 rings (SSSR count). The van der Waals surface area contributed by atoms with Gasteiger partial charge in [-0.25, -0.2) is 4.98 Å². The summed E-state index contributed by atoms with van der Waals surface area (Å²) in [6.45, 7) is 1.97. The topological polar surface area (TPSA) is 55.1 Å². The molecule has 0 aliphatic heterocycles. The number of rotatable bonds is 4. The summed E-state index contributed by atoms with van der Waals surface area (Å²) < 4.78 is 6.84. The molecular weight excluding hydrogens is 427 g/mol. The minimum Gasteiger partial charge on any atom is -0.436 e. The Bertz CT molecular complexity index is 876. The van der Waals surface area contributed by atoms with E-state index in [2.05, 4.69) is 32.9 Å². The van der Waals surface area contributed by atoms with Gasteiger partial charge < -0.3 is 9.73 Å². The number of anilines is 1. The lowest BCUT2D eigenvalue weighted by Gasteiger charge is -2.02. The van der Waals surface area contributed by atoms with Crippen LogP contribution < -0.4 is 5.32 Å². The van der Waals surface area contributed by atoms with E-state index in [1.54, 1.807) is 18.2 Å². The largest absolute Gasteiger partial charge is 0.436 e. The number of hydrogen-bond donors (Lipinski definition) is 1. The molecule has 0 aliphatic carbocycles. The Kier molecular flexibility index (Phi) is 4.87. The van der Waals surface area contributed by atoms with E-state index < -0.39 is 0 Å². The Morgan fingerprint density at radius 1 is 1.30 bits per heavy atom. The van der Waals surface area contributed by atoms with Crippen molar-refractivity contribution in [2.45, 2.75) is 19.8 Å². The zero-order valence-corrected chi connectivity index (χ0v) is 15.3. The third kappa shape index (κ3) is 3.67. The summed E-state index contributed by atoms with van der Waals surface area (Å²) in [5, 5.41) is 3.45. The Morgan fingerprint density at radius 3 is 2.91 bits per heavy atom. The first-order valence-electron chi connectivity index (χ1n) is 7.22. The molecule has 3 aromatic rings. The van der Waals surface area contributed by atoms with Crippen LogP contribution in [0.3, 0.4) is 0 Å². The number of amides is 1. The van der Waals surface area contributed by atoms with Crippen molar-refractivity contribution in [3.8, 4) is 11.5 Å². The number of benzene rings is 2. The molecular formula is C17H14ClIN2O2. The van der Waals surface area contributed by atoms with Crippen molar-refractivity contribution < 1.29 is 9.21 Å². The molecule has 1 aromatic heterocycles. The van der Waals surface area contributed by atoms with E-state index >= 15 is 0 Å². The van der Waals surface area contributed by atoms with Gasteiger partial charge in [-0.3, -0.25) is 4.79 Å². The van der Waals surface area contributed by atoms with Gasteiger partial charge in [-0.05, 0) is 65.4 Å². The highest BCUT2D eigenvalue weighted by Gasteiger charge is 2.13. The predicted octanol–water partition coefficient (Wildman–Crippen LogP) is 5.49. The van der Waals surface area contributed by atoms with Crippen molar-refractivity contribution in [2.75, 3.05) is 5.32 Å². The van der Waals surface area contributed by atoms with E-state index in [4.69, 9.17) is 16.0 Å². The molecule has 1 amide bonds. The normalized spacial score (nSPS) is 10.9. The molecule has 0 spiro atoms. The standard InChI is InChI=1S/C17H14ClIN2O2/c1-2-3-16(22)20-11-5-7-15-14(9-11)21-17(23-15)12-8-10(19)4-6-13(12)18/h4-9H,2-3H2,1H3,(H,20,22). The fraction of sp³-hybridized carbons (Fsp3) is 0.176. The molecule has 1 N–H and O–H groups in total. The first-order valence-corrected chi connectivity index (χ1v) is 8.68. The van der Waals surface area contributed by atoms with E-state index in [0.29, 0.717) is 34.1 Å². The summed E-state index contributed by atoms with van der Waals surface area (Å²) in [7, 11) is 0. The fourth-order valence-electron chi connectivity index (χ4n) is 2.23. The van der Waals surface area contributed by atoms with Gasteiger partial charge in [0, 0.05) is 15.7 Å². The Labute approximate surface area is 152 Å². The third-order valence-electron chi connectivity index (χ3n) is 3.31. The molecule has 0 saturated carbocycles. The lowest BCUT2D eigenvalue weighted by molar-refractivity contribution is -0.116. The summed E-state index contributed by atoms with van der Waals surface area (Å²) in [5.41, 5.74) is 2.81. The smallest absolute Gasteiger partial charge is 0.228 e. The quantitative estimate of drug-likeness (QED) is 0.546. The molecule has 118 valence electrons. The average Bonchev–Trinajstić information content (AvgIpc) is 2.93. The van der Waals surface area contributed by atoms with Crippen LogP contribution in [0.1, 0.15) is 19.8 Å². The van der Waals surface area contributed by atoms with Gasteiger partial charge in [0.05, 0.1) is 10.6 Å². The molecule has 0 bridgehead atoms. The van der Waals surface area contributed by atoms with Crippen LogP contribution in [0.2, 0.25) is 5.02 Å². The van der Waals surface area contributed by atoms with Crippen LogP contribution in [0.5, 0.6) is 0 Å². The number of nitrogens with one attached hydrogen (secondary N) is 1. The van der Waals surface area contributed by atoms with Crippen LogP contribution >= 0.6 is 34.2 Å². The van der Waals surface area contributed by atoms with Crippen molar-refractivity contribution in [1.29, 1.82) is 0 Å². The molecule has 0 saturated heterocycles. The first-order chi connectivity index (χ1) is 11.1. The molecule has 1 heterocycles. The number of nitrogens with zero attached hydrogens (tertiary/aromatic N) is 1. The maximum atomic E-state index is 11.7. The number of halogens is 2. The van der Waals surface area contributed by atoms with Crippen LogP contribution in [0.25, 0.3) is 22.6 Å². The molecule has 0 radical (unpaired) electrons. The zero-order chi connectivity index (χ0) is 16.4. The van der Waals surface area contributed by atoms with E-state index in [9.17, 15) is 4.79 Å². The molecule has 23 heavy (non-hydrogen) atoms. The van der Waals surface area contributed by atoms with Crippen LogP contribution in [-0.4, -0.2) is 10.9 Å². The van der Waals surface area contributed by atoms with E-state index in [1.807, 2.05) is 25.1 Å². The van der Waals surface area contributed by atoms with Gasteiger partial charge in [-0.2, -0.15) is 0 Å². The second-order valence-electron chi connectivity index (χ2n) is 5.12. The summed E-state index contributed by atoms with van der Waals surface area (Å²) in [6.07, 6.45) is 1.31. The van der Waals surface area contributed by atoms with E-state index in [-0.39, 0.29) is 5.91 Å². The lowest BCUT2D eigenvalue weighted by atomic mass is 10.2. The Morgan fingerprint density at radius 2 is 2.13 bits per heavy atom. The van der Waals surface area contributed by atoms with Crippen molar-refractivity contribution in [2.24, 2.45) is 0 Å². The summed E-state index contributed by atoms with van der Waals surface area (Å²) in [5.74, 6) is 0.469. The molecule has 0 atom stereocenters. The fourth-order valence-corrected chi connectivity index (χ4v) is 2.92. The zero-order valence-electron chi connectivity index (χ0n) is 12.4. The van der Waals surface area contributed by atoms with Gasteiger partial charge in [0.1, 0.15) is 5.52 Å². The predicted molar refractivity (Wildman–Crippen MR) is 101 cm³/mol. The van der Waals surface area contributed by atoms with Crippen molar-refractivity contribution in [3.63, 3.8) is 0 Å². The maximum absolute atomic E-state index is 11.7. The first kappa shape index (κ1) is 16.3. The van der Waals surface area contributed by atoms with Crippen LogP contribution in [0, 0.1) is 3.57 Å². The summed E-state index contributed by atoms with van der Waals surface area (Å²) >= 11 is 8.45. The highest BCUT2D eigenvalue weighted by Crippen LogP contribution is 2.32. The number of hydrogen-bond acceptors (Lipinski definition) is 3. The maximum Gasteiger partial charge on any atom is 0.228 e. The monoisotopic (exact) mass is 440 g/mol. The molecule has 2 aromatic carbocycles.